The monoisotopic (exact) mass is 736 g/mol. The Morgan fingerprint density at radius 2 is 1.57 bits per heavy atom. The SMILES string of the molecule is CC[C@@H]1C[C@H](N(Cc2cc(C(F)(F)F)cc(C(F)(F)F)c2)c2ncc(-c3cnn(C)c3)cn2)CN1c1nc(N2CCN(C(C)=O)CC2)ncc1Cl. The summed E-state index contributed by atoms with van der Waals surface area (Å²) < 4.78 is 84.6. The van der Waals surface area contributed by atoms with Crippen LogP contribution in [0.3, 0.4) is 0 Å². The number of amides is 1. The van der Waals surface area contributed by atoms with Gasteiger partial charge in [-0.1, -0.05) is 18.5 Å². The Bertz CT molecular complexity index is 1830. The third-order valence-electron chi connectivity index (χ3n) is 9.23. The average molecular weight is 737 g/mol. The lowest BCUT2D eigenvalue weighted by Gasteiger charge is -2.35. The second-order valence-corrected chi connectivity index (χ2v) is 13.1. The Morgan fingerprint density at radius 1 is 0.922 bits per heavy atom. The van der Waals surface area contributed by atoms with Crippen molar-refractivity contribution in [1.29, 1.82) is 0 Å². The fourth-order valence-corrected chi connectivity index (χ4v) is 6.75. The number of nitrogens with zero attached hydrogens (tertiary/aromatic N) is 10. The fourth-order valence-electron chi connectivity index (χ4n) is 6.55. The van der Waals surface area contributed by atoms with Crippen LogP contribution in [0.1, 0.15) is 43.4 Å². The van der Waals surface area contributed by atoms with Gasteiger partial charge in [0.05, 0.1) is 29.6 Å². The van der Waals surface area contributed by atoms with Crippen molar-refractivity contribution in [2.45, 2.75) is 57.7 Å². The molecule has 2 saturated heterocycles. The molecular weight excluding hydrogens is 702 g/mol. The van der Waals surface area contributed by atoms with Crippen LogP contribution in [0.15, 0.2) is 49.2 Å². The maximum atomic E-state index is 13.8. The Kier molecular flexibility index (Phi) is 10.0. The molecule has 18 heteroatoms. The number of carbonyl (C=O) groups is 1. The Hall–Kier alpha value is -4.67. The van der Waals surface area contributed by atoms with Crippen LogP contribution in [0.25, 0.3) is 11.1 Å². The topological polar surface area (TPSA) is 99.4 Å². The number of piperazine rings is 1. The van der Waals surface area contributed by atoms with Crippen LogP contribution < -0.4 is 14.7 Å². The van der Waals surface area contributed by atoms with Crippen molar-refractivity contribution in [2.24, 2.45) is 7.05 Å². The zero-order valence-corrected chi connectivity index (χ0v) is 28.7. The number of carbonyl (C=O) groups excluding carboxylic acids is 1. The molecule has 4 aromatic rings. The van der Waals surface area contributed by atoms with Gasteiger partial charge in [0.15, 0.2) is 5.82 Å². The van der Waals surface area contributed by atoms with Gasteiger partial charge in [-0.25, -0.2) is 15.0 Å². The molecule has 3 aromatic heterocycles. The van der Waals surface area contributed by atoms with E-state index in [-0.39, 0.29) is 47.6 Å². The highest BCUT2D eigenvalue weighted by Gasteiger charge is 2.40. The van der Waals surface area contributed by atoms with Crippen molar-refractivity contribution in [3.63, 3.8) is 0 Å². The van der Waals surface area contributed by atoms with Gasteiger partial charge in [-0.15, -0.1) is 0 Å². The Labute approximate surface area is 294 Å². The summed E-state index contributed by atoms with van der Waals surface area (Å²) >= 11 is 6.68. The van der Waals surface area contributed by atoms with Crippen molar-refractivity contribution in [1.82, 2.24) is 34.6 Å². The van der Waals surface area contributed by atoms with E-state index >= 15 is 0 Å². The van der Waals surface area contributed by atoms with E-state index in [2.05, 4.69) is 20.1 Å². The van der Waals surface area contributed by atoms with Gasteiger partial charge in [-0.05, 0) is 36.6 Å². The summed E-state index contributed by atoms with van der Waals surface area (Å²) in [6, 6.07) is 0.975. The van der Waals surface area contributed by atoms with E-state index in [0.29, 0.717) is 56.4 Å². The summed E-state index contributed by atoms with van der Waals surface area (Å²) in [5.74, 6) is 1.01. The third kappa shape index (κ3) is 7.97. The van der Waals surface area contributed by atoms with E-state index < -0.39 is 29.5 Å². The molecular formula is C33H35ClF6N10O. The highest BCUT2D eigenvalue weighted by molar-refractivity contribution is 6.32. The lowest BCUT2D eigenvalue weighted by atomic mass is 10.0. The molecule has 0 aliphatic carbocycles. The Morgan fingerprint density at radius 3 is 2.12 bits per heavy atom. The minimum Gasteiger partial charge on any atom is -0.350 e. The summed E-state index contributed by atoms with van der Waals surface area (Å²) in [7, 11) is 1.75. The fraction of sp³-hybridized carbons (Fsp3) is 0.455. The number of halogens is 7. The van der Waals surface area contributed by atoms with Gasteiger partial charge in [0, 0.05) is 89.0 Å². The van der Waals surface area contributed by atoms with E-state index in [9.17, 15) is 31.1 Å². The van der Waals surface area contributed by atoms with Crippen LogP contribution in [0, 0.1) is 0 Å². The zero-order valence-electron chi connectivity index (χ0n) is 28.0. The van der Waals surface area contributed by atoms with Crippen LogP contribution in [0.4, 0.5) is 44.1 Å². The number of benzene rings is 1. The quantitative estimate of drug-likeness (QED) is 0.199. The molecule has 272 valence electrons. The maximum Gasteiger partial charge on any atom is 0.416 e. The van der Waals surface area contributed by atoms with Crippen molar-refractivity contribution >= 4 is 35.2 Å². The number of hydrogen-bond acceptors (Lipinski definition) is 9. The zero-order chi connectivity index (χ0) is 36.7. The largest absolute Gasteiger partial charge is 0.416 e. The number of aromatic nitrogens is 6. The molecule has 11 nitrogen and oxygen atoms in total. The molecule has 0 spiro atoms. The number of alkyl halides is 6. The van der Waals surface area contributed by atoms with Gasteiger partial charge in [0.25, 0.3) is 0 Å². The summed E-state index contributed by atoms with van der Waals surface area (Å²) in [6.45, 7) is 5.51. The number of aryl methyl sites for hydroxylation is 1. The van der Waals surface area contributed by atoms with Crippen LogP contribution in [0.5, 0.6) is 0 Å². The molecule has 1 amide bonds. The maximum absolute atomic E-state index is 13.8. The number of hydrogen-bond donors (Lipinski definition) is 0. The second kappa shape index (κ2) is 14.2. The first kappa shape index (κ1) is 36.1. The van der Waals surface area contributed by atoms with E-state index in [1.807, 2.05) is 16.7 Å². The molecule has 0 bridgehead atoms. The molecule has 5 heterocycles. The van der Waals surface area contributed by atoms with Crippen LogP contribution in [-0.4, -0.2) is 85.3 Å². The van der Waals surface area contributed by atoms with Crippen molar-refractivity contribution in [2.75, 3.05) is 47.4 Å². The number of anilines is 3. The minimum atomic E-state index is -5.00. The van der Waals surface area contributed by atoms with E-state index in [1.165, 1.54) is 13.1 Å². The first-order valence-electron chi connectivity index (χ1n) is 16.3. The molecule has 0 unspecified atom stereocenters. The molecule has 0 saturated carbocycles. The lowest BCUT2D eigenvalue weighted by Crippen LogP contribution is -2.48. The third-order valence-corrected chi connectivity index (χ3v) is 9.50. The summed E-state index contributed by atoms with van der Waals surface area (Å²) in [6.07, 6.45) is -0.910. The van der Waals surface area contributed by atoms with E-state index in [1.54, 1.807) is 46.3 Å². The van der Waals surface area contributed by atoms with Gasteiger partial charge in [-0.2, -0.15) is 36.4 Å². The van der Waals surface area contributed by atoms with Crippen molar-refractivity contribution in [3.8, 4) is 11.1 Å². The standard InChI is InChI=1S/C33H35ClF6N10O/c1-4-26-12-27(19-49(26)29-28(34)16-43-31(45-29)48-7-5-47(6-8-48)20(2)51)50(30-41-13-22(14-42-30)23-15-44-46(3)18-23)17-21-9-24(32(35,36)37)11-25(10-21)33(38,39)40/h9-11,13-16,18,26-27H,4-8,12,17,19H2,1-3H3/t26-,27+/m1/s1. The average Bonchev–Trinajstić information content (AvgIpc) is 3.73. The highest BCUT2D eigenvalue weighted by Crippen LogP contribution is 2.39. The number of rotatable bonds is 8. The molecule has 2 fully saturated rings. The van der Waals surface area contributed by atoms with Crippen LogP contribution in [0.2, 0.25) is 5.02 Å². The smallest absolute Gasteiger partial charge is 0.350 e. The molecule has 2 aliphatic heterocycles. The molecule has 2 atom stereocenters. The lowest BCUT2D eigenvalue weighted by molar-refractivity contribution is -0.143. The summed E-state index contributed by atoms with van der Waals surface area (Å²) in [4.78, 5) is 37.5. The van der Waals surface area contributed by atoms with Gasteiger partial charge >= 0.3 is 12.4 Å². The van der Waals surface area contributed by atoms with Crippen LogP contribution in [-0.2, 0) is 30.7 Å². The van der Waals surface area contributed by atoms with Gasteiger partial charge in [0.2, 0.25) is 17.8 Å². The summed E-state index contributed by atoms with van der Waals surface area (Å²) in [5, 5.41) is 4.44. The predicted molar refractivity (Wildman–Crippen MR) is 178 cm³/mol. The second-order valence-electron chi connectivity index (χ2n) is 12.7. The van der Waals surface area contributed by atoms with Gasteiger partial charge in [0.1, 0.15) is 5.02 Å². The van der Waals surface area contributed by atoms with Crippen molar-refractivity contribution in [3.05, 3.63) is 70.9 Å². The van der Waals surface area contributed by atoms with Crippen molar-refractivity contribution < 1.29 is 31.1 Å². The molecule has 0 N–H and O–H groups in total. The highest BCUT2D eigenvalue weighted by atomic mass is 35.5. The van der Waals surface area contributed by atoms with Gasteiger partial charge in [-0.3, -0.25) is 9.48 Å². The predicted octanol–water partition coefficient (Wildman–Crippen LogP) is 6.09. The summed E-state index contributed by atoms with van der Waals surface area (Å²) in [5.41, 5.74) is -1.63. The first-order chi connectivity index (χ1) is 24.1. The molecule has 51 heavy (non-hydrogen) atoms. The van der Waals surface area contributed by atoms with Gasteiger partial charge < -0.3 is 19.6 Å². The molecule has 0 radical (unpaired) electrons. The molecule has 1 aromatic carbocycles. The normalized spacial score (nSPS) is 18.4. The first-order valence-corrected chi connectivity index (χ1v) is 16.6. The Balaban J connectivity index is 1.35. The molecule has 2 aliphatic rings. The van der Waals surface area contributed by atoms with E-state index in [0.717, 1.165) is 17.7 Å². The van der Waals surface area contributed by atoms with Crippen LogP contribution >= 0.6 is 11.6 Å². The molecule has 6 rings (SSSR count). The minimum absolute atomic E-state index is 0.0127. The van der Waals surface area contributed by atoms with E-state index in [4.69, 9.17) is 16.6 Å².